The topological polar surface area (TPSA) is 29.5 Å². The number of hydrogen-bond acceptors (Lipinski definition) is 2. The summed E-state index contributed by atoms with van der Waals surface area (Å²) in [5.74, 6) is -6.62. The number of halogens is 8. The van der Waals surface area contributed by atoms with Gasteiger partial charge in [0.05, 0.1) is 0 Å². The Labute approximate surface area is 77.4 Å². The van der Waals surface area contributed by atoms with Crippen LogP contribution in [0.3, 0.4) is 0 Å². The summed E-state index contributed by atoms with van der Waals surface area (Å²) in [5.41, 5.74) is 0. The second-order valence-corrected chi connectivity index (χ2v) is 2.56. The third-order valence-corrected chi connectivity index (χ3v) is 1.04. The van der Waals surface area contributed by atoms with Crippen LogP contribution in [0.15, 0.2) is 0 Å². The van der Waals surface area contributed by atoms with Gasteiger partial charge in [-0.1, -0.05) is 0 Å². The Morgan fingerprint density at radius 3 is 1.40 bits per heavy atom. The van der Waals surface area contributed by atoms with Crippen LogP contribution >= 0.6 is 0 Å². The summed E-state index contributed by atoms with van der Waals surface area (Å²) in [4.78, 5) is 0. The molecule has 1 atom stereocenters. The van der Waals surface area contributed by atoms with E-state index in [-0.39, 0.29) is 6.92 Å². The molecule has 0 aromatic rings. The minimum absolute atomic E-state index is 0.173. The molecule has 0 saturated carbocycles. The summed E-state index contributed by atoms with van der Waals surface area (Å²) in [6.07, 6.45) is -12.9. The van der Waals surface area contributed by atoms with E-state index in [1.807, 2.05) is 0 Å². The fourth-order valence-electron chi connectivity index (χ4n) is 0.463. The van der Waals surface area contributed by atoms with Gasteiger partial charge in [0, 0.05) is 6.92 Å². The molecule has 0 rings (SSSR count). The van der Waals surface area contributed by atoms with Gasteiger partial charge in [-0.2, -0.15) is 35.1 Å². The second-order valence-electron chi connectivity index (χ2n) is 2.56. The van der Waals surface area contributed by atoms with Crippen LogP contribution in [0, 0.1) is 0 Å². The third kappa shape index (κ3) is 3.16. The molecule has 0 aliphatic carbocycles. The first kappa shape index (κ1) is 14.4. The predicted molar refractivity (Wildman–Crippen MR) is 28.8 cm³/mol. The van der Waals surface area contributed by atoms with Gasteiger partial charge in [-0.3, -0.25) is 4.74 Å². The van der Waals surface area contributed by atoms with E-state index in [9.17, 15) is 35.1 Å². The maximum Gasteiger partial charge on any atom is 0.462 e. The van der Waals surface area contributed by atoms with Crippen molar-refractivity contribution in [2.24, 2.45) is 0 Å². The molecule has 15 heavy (non-hydrogen) atoms. The van der Waals surface area contributed by atoms with Crippen molar-refractivity contribution in [1.29, 1.82) is 0 Å². The lowest BCUT2D eigenvalue weighted by atomic mass is 10.3. The van der Waals surface area contributed by atoms with Crippen molar-refractivity contribution in [1.82, 2.24) is 0 Å². The van der Waals surface area contributed by atoms with Crippen LogP contribution < -0.4 is 0 Å². The fourth-order valence-corrected chi connectivity index (χ4v) is 0.463. The monoisotopic (exact) mass is 248 g/mol. The lowest BCUT2D eigenvalue weighted by Gasteiger charge is -2.29. The fraction of sp³-hybridized carbons (Fsp3) is 1.00. The molecule has 0 amide bonds. The molecule has 0 aliphatic rings. The van der Waals surface area contributed by atoms with Gasteiger partial charge >= 0.3 is 24.2 Å². The number of ether oxygens (including phenoxy) is 1. The molecule has 0 saturated heterocycles. The molecule has 1 unspecified atom stereocenters. The van der Waals surface area contributed by atoms with Gasteiger partial charge in [0.2, 0.25) is 0 Å². The van der Waals surface area contributed by atoms with Gasteiger partial charge in [-0.15, -0.1) is 0 Å². The van der Waals surface area contributed by atoms with E-state index in [2.05, 4.69) is 4.74 Å². The zero-order valence-electron chi connectivity index (χ0n) is 6.88. The summed E-state index contributed by atoms with van der Waals surface area (Å²) in [6, 6.07) is -4.32. The molecule has 0 aromatic carbocycles. The quantitative estimate of drug-likeness (QED) is 0.614. The summed E-state index contributed by atoms with van der Waals surface area (Å²) in [7, 11) is 0. The summed E-state index contributed by atoms with van der Waals surface area (Å²) in [6.45, 7) is -0.173. The van der Waals surface area contributed by atoms with Crippen LogP contribution in [0.25, 0.3) is 0 Å². The van der Waals surface area contributed by atoms with E-state index < -0.39 is 24.2 Å². The van der Waals surface area contributed by atoms with Crippen molar-refractivity contribution in [2.45, 2.75) is 31.2 Å². The summed E-state index contributed by atoms with van der Waals surface area (Å²) >= 11 is 0. The van der Waals surface area contributed by atoms with Crippen LogP contribution in [0.1, 0.15) is 6.92 Å². The average molecular weight is 248 g/mol. The maximum atomic E-state index is 12.1. The Bertz CT molecular complexity index is 226. The van der Waals surface area contributed by atoms with Gasteiger partial charge < -0.3 is 5.11 Å². The molecule has 92 valence electrons. The van der Waals surface area contributed by atoms with Crippen molar-refractivity contribution in [2.75, 3.05) is 0 Å². The Morgan fingerprint density at radius 1 is 0.867 bits per heavy atom. The lowest BCUT2D eigenvalue weighted by Crippen LogP contribution is -2.55. The zero-order chi connectivity index (χ0) is 12.7. The number of alkyl halides is 8. The molecule has 0 bridgehead atoms. The first-order valence-electron chi connectivity index (χ1n) is 3.14. The van der Waals surface area contributed by atoms with Gasteiger partial charge in [0.1, 0.15) is 0 Å². The molecule has 0 heterocycles. The molecule has 0 radical (unpaired) electrons. The molecular weight excluding hydrogens is 244 g/mol. The summed E-state index contributed by atoms with van der Waals surface area (Å²) < 4.78 is 96.6. The second kappa shape index (κ2) is 3.44. The third-order valence-electron chi connectivity index (χ3n) is 1.04. The number of rotatable bonds is 3. The van der Waals surface area contributed by atoms with E-state index in [0.717, 1.165) is 0 Å². The molecule has 0 spiro atoms. The minimum Gasteiger partial charge on any atom is -0.340 e. The van der Waals surface area contributed by atoms with Crippen LogP contribution in [-0.2, 0) is 4.74 Å². The summed E-state index contributed by atoms with van der Waals surface area (Å²) in [5, 5.41) is 7.91. The normalized spacial score (nSPS) is 18.8. The smallest absolute Gasteiger partial charge is 0.340 e. The van der Waals surface area contributed by atoms with E-state index >= 15 is 0 Å². The highest BCUT2D eigenvalue weighted by atomic mass is 19.4. The van der Waals surface area contributed by atoms with Crippen molar-refractivity contribution in [3.63, 3.8) is 0 Å². The van der Waals surface area contributed by atoms with E-state index in [0.29, 0.717) is 0 Å². The molecule has 1 N–H and O–H groups in total. The Balaban J connectivity index is 5.03. The van der Waals surface area contributed by atoms with Crippen molar-refractivity contribution in [3.8, 4) is 0 Å². The van der Waals surface area contributed by atoms with Crippen LogP contribution in [-0.4, -0.2) is 29.4 Å². The Kier molecular flexibility index (Phi) is 3.29. The van der Waals surface area contributed by atoms with Crippen LogP contribution in [0.2, 0.25) is 0 Å². The highest BCUT2D eigenvalue weighted by Gasteiger charge is 2.75. The van der Waals surface area contributed by atoms with Crippen LogP contribution in [0.4, 0.5) is 35.1 Å². The minimum atomic E-state index is -6.64. The largest absolute Gasteiger partial charge is 0.462 e. The van der Waals surface area contributed by atoms with Crippen molar-refractivity contribution < 1.29 is 45.0 Å². The average Bonchev–Trinajstić information content (AvgIpc) is 1.77. The molecule has 0 aliphatic heterocycles. The van der Waals surface area contributed by atoms with Crippen molar-refractivity contribution >= 4 is 0 Å². The zero-order valence-corrected chi connectivity index (χ0v) is 6.88. The van der Waals surface area contributed by atoms with Gasteiger partial charge in [0.25, 0.3) is 0 Å². The van der Waals surface area contributed by atoms with Gasteiger partial charge in [-0.25, -0.2) is 0 Å². The lowest BCUT2D eigenvalue weighted by molar-refractivity contribution is -0.480. The van der Waals surface area contributed by atoms with Crippen molar-refractivity contribution in [3.05, 3.63) is 0 Å². The van der Waals surface area contributed by atoms with E-state index in [1.54, 1.807) is 0 Å². The molecular formula is C5H4F8O2. The molecule has 0 fully saturated rings. The first-order valence-corrected chi connectivity index (χ1v) is 3.14. The van der Waals surface area contributed by atoms with Crippen LogP contribution in [0.5, 0.6) is 0 Å². The van der Waals surface area contributed by atoms with E-state index in [1.165, 1.54) is 0 Å². The highest BCUT2D eigenvalue weighted by molar-refractivity contribution is 4.85. The number of aliphatic hydroxyl groups is 1. The van der Waals surface area contributed by atoms with Gasteiger partial charge in [0.15, 0.2) is 0 Å². The van der Waals surface area contributed by atoms with Gasteiger partial charge in [-0.05, 0) is 0 Å². The molecule has 10 heteroatoms. The Morgan fingerprint density at radius 2 is 1.20 bits per heavy atom. The standard InChI is InChI=1S/C5H4F8O2/c1-2(6,14)15-5(12,13)3(7,8)4(9,10)11/h14H,1H3. The predicted octanol–water partition coefficient (Wildman–Crippen LogP) is 2.43. The molecule has 2 nitrogen and oxygen atoms in total. The highest BCUT2D eigenvalue weighted by Crippen LogP contribution is 2.48. The SMILES string of the molecule is CC(O)(F)OC(F)(F)C(F)(F)C(F)(F)F. The number of hydrogen-bond donors (Lipinski definition) is 1. The first-order chi connectivity index (χ1) is 6.21. The van der Waals surface area contributed by atoms with E-state index in [4.69, 9.17) is 5.11 Å². The Hall–Kier alpha value is -0.640. The maximum absolute atomic E-state index is 12.1. The molecule has 0 aromatic heterocycles.